The van der Waals surface area contributed by atoms with Crippen molar-refractivity contribution in [3.05, 3.63) is 57.6 Å². The van der Waals surface area contributed by atoms with E-state index in [0.29, 0.717) is 43.5 Å². The lowest BCUT2D eigenvalue weighted by Gasteiger charge is -2.22. The highest BCUT2D eigenvalue weighted by atomic mass is 32.1. The van der Waals surface area contributed by atoms with Crippen molar-refractivity contribution in [2.75, 3.05) is 10.6 Å². The van der Waals surface area contributed by atoms with Gasteiger partial charge < -0.3 is 31.9 Å². The highest BCUT2D eigenvalue weighted by Gasteiger charge is 2.39. The zero-order valence-corrected chi connectivity index (χ0v) is 26.9. The van der Waals surface area contributed by atoms with Crippen LogP contribution in [0.15, 0.2) is 24.3 Å². The Morgan fingerprint density at radius 2 is 0.978 bits per heavy atom. The van der Waals surface area contributed by atoms with Gasteiger partial charge in [0.15, 0.2) is 22.3 Å². The Labute approximate surface area is 270 Å². The van der Waals surface area contributed by atoms with Crippen LogP contribution < -0.4 is 31.9 Å². The molecule has 0 radical (unpaired) electrons. The van der Waals surface area contributed by atoms with Gasteiger partial charge in [-0.2, -0.15) is 0 Å². The Kier molecular flexibility index (Phi) is 10.4. The topological polar surface area (TPSA) is 175 Å². The minimum absolute atomic E-state index is 0.0119. The molecule has 14 heteroatoms. The quantitative estimate of drug-likeness (QED) is 0.112. The van der Waals surface area contributed by atoms with Gasteiger partial charge in [0.1, 0.15) is 0 Å². The maximum absolute atomic E-state index is 13.0. The molecule has 2 aromatic carbocycles. The fourth-order valence-corrected chi connectivity index (χ4v) is 5.98. The Bertz CT molecular complexity index is 1540. The van der Waals surface area contributed by atoms with Gasteiger partial charge in [-0.1, -0.05) is 52.0 Å². The summed E-state index contributed by atoms with van der Waals surface area (Å²) >= 11 is 9.78. The summed E-state index contributed by atoms with van der Waals surface area (Å²) in [6.07, 6.45) is 2.65. The van der Waals surface area contributed by atoms with Crippen molar-refractivity contribution in [3.63, 3.8) is 0 Å². The molecule has 2 atom stereocenters. The Morgan fingerprint density at radius 3 is 1.27 bits per heavy atom. The van der Waals surface area contributed by atoms with Crippen molar-refractivity contribution in [1.29, 1.82) is 0 Å². The molecule has 0 saturated carbocycles. The summed E-state index contributed by atoms with van der Waals surface area (Å²) < 4.78 is 0. The van der Waals surface area contributed by atoms with E-state index in [2.05, 4.69) is 31.9 Å². The van der Waals surface area contributed by atoms with Crippen LogP contribution in [0.5, 0.6) is 0 Å². The van der Waals surface area contributed by atoms with Crippen LogP contribution in [0.25, 0.3) is 0 Å². The van der Waals surface area contributed by atoms with Gasteiger partial charge in [-0.3, -0.25) is 28.8 Å². The molecule has 12 nitrogen and oxygen atoms in total. The molecule has 4 rings (SSSR count). The minimum Gasteiger partial charge on any atom is -0.344 e. The first kappa shape index (κ1) is 33.3. The Balaban J connectivity index is 1.66. The van der Waals surface area contributed by atoms with E-state index in [0.717, 1.165) is 33.4 Å². The lowest BCUT2D eigenvalue weighted by Crippen LogP contribution is -2.44. The second kappa shape index (κ2) is 14.0. The van der Waals surface area contributed by atoms with E-state index in [9.17, 15) is 28.8 Å². The molecule has 6 N–H and O–H groups in total. The smallest absolute Gasteiger partial charge is 0.294 e. The lowest BCUT2D eigenvalue weighted by molar-refractivity contribution is -0.138. The van der Waals surface area contributed by atoms with Gasteiger partial charge >= 0.3 is 0 Å². The van der Waals surface area contributed by atoms with Crippen molar-refractivity contribution < 1.29 is 28.8 Å². The average molecular weight is 651 g/mol. The number of Topliss-reactive ketones (excluding diaryl/α,β-unsaturated/α-hetero) is 2. The van der Waals surface area contributed by atoms with Crippen LogP contribution in [0.1, 0.15) is 61.1 Å². The predicted octanol–water partition coefficient (Wildman–Crippen LogP) is 1.29. The number of benzene rings is 2. The molecule has 2 fully saturated rings. The number of thiocarbonyl (C=S) groups is 2. The van der Waals surface area contributed by atoms with Gasteiger partial charge in [-0.05, 0) is 89.9 Å². The third-order valence-corrected chi connectivity index (χ3v) is 8.28. The number of hydrogen-bond acceptors (Lipinski definition) is 8. The van der Waals surface area contributed by atoms with Crippen molar-refractivity contribution in [2.45, 2.75) is 71.9 Å². The monoisotopic (exact) mass is 650 g/mol. The number of carbonyl (C=O) groups is 6. The number of ketones is 2. The van der Waals surface area contributed by atoms with Gasteiger partial charge in [-0.15, -0.1) is 0 Å². The van der Waals surface area contributed by atoms with Crippen LogP contribution in [0.2, 0.25) is 0 Å². The van der Waals surface area contributed by atoms with Crippen LogP contribution in [0.4, 0.5) is 11.4 Å². The summed E-state index contributed by atoms with van der Waals surface area (Å²) in [5.41, 5.74) is 6.11. The van der Waals surface area contributed by atoms with Crippen LogP contribution in [-0.2, 0) is 60.9 Å². The number of nitrogens with one attached hydrogen (secondary N) is 6. The lowest BCUT2D eigenvalue weighted by atomic mass is 9.89. The highest BCUT2D eigenvalue weighted by Crippen LogP contribution is 2.32. The van der Waals surface area contributed by atoms with E-state index in [4.69, 9.17) is 24.4 Å². The largest absolute Gasteiger partial charge is 0.344 e. The molecule has 0 bridgehead atoms. The molecule has 2 heterocycles. The molecule has 2 aliphatic heterocycles. The first-order valence-corrected chi connectivity index (χ1v) is 15.5. The van der Waals surface area contributed by atoms with Crippen LogP contribution in [-0.4, -0.2) is 57.5 Å². The normalized spacial score (nSPS) is 17.2. The van der Waals surface area contributed by atoms with Crippen LogP contribution >= 0.6 is 24.4 Å². The zero-order chi connectivity index (χ0) is 33.0. The van der Waals surface area contributed by atoms with Crippen molar-refractivity contribution >= 4 is 81.2 Å². The number of anilines is 2. The van der Waals surface area contributed by atoms with Gasteiger partial charge in [-0.25, -0.2) is 0 Å². The fourth-order valence-electron chi connectivity index (χ4n) is 5.54. The zero-order valence-electron chi connectivity index (χ0n) is 25.3. The fraction of sp³-hybridized carbons (Fsp3) is 0.355. The summed E-state index contributed by atoms with van der Waals surface area (Å²) in [6.45, 7) is 7.75. The maximum Gasteiger partial charge on any atom is 0.294 e. The van der Waals surface area contributed by atoms with Crippen molar-refractivity contribution in [2.24, 2.45) is 0 Å². The predicted molar refractivity (Wildman–Crippen MR) is 176 cm³/mol. The molecular weight excluding hydrogens is 617 g/mol. The Morgan fingerprint density at radius 1 is 0.622 bits per heavy atom. The summed E-state index contributed by atoms with van der Waals surface area (Å²) in [4.78, 5) is 75.9. The molecule has 4 amide bonds. The number of hydrogen-bond donors (Lipinski definition) is 6. The van der Waals surface area contributed by atoms with Gasteiger partial charge in [0.25, 0.3) is 35.2 Å². The van der Waals surface area contributed by atoms with E-state index in [1.807, 2.05) is 52.0 Å². The van der Waals surface area contributed by atoms with E-state index in [1.54, 1.807) is 0 Å². The second-order valence-electron chi connectivity index (χ2n) is 10.5. The molecule has 0 unspecified atom stereocenters. The summed E-state index contributed by atoms with van der Waals surface area (Å²) in [5.74, 6) is -5.13. The average Bonchev–Trinajstić information content (AvgIpc) is 3.54. The third kappa shape index (κ3) is 6.91. The van der Waals surface area contributed by atoms with Crippen molar-refractivity contribution in [1.82, 2.24) is 21.3 Å². The summed E-state index contributed by atoms with van der Waals surface area (Å²) in [5, 5.41) is 15.2. The Hall–Kier alpha value is -4.56. The molecule has 2 saturated heterocycles. The van der Waals surface area contributed by atoms with E-state index in [1.165, 1.54) is 0 Å². The molecule has 0 aromatic heterocycles. The molecule has 236 valence electrons. The van der Waals surface area contributed by atoms with E-state index >= 15 is 0 Å². The van der Waals surface area contributed by atoms with Gasteiger partial charge in [0, 0.05) is 11.4 Å². The van der Waals surface area contributed by atoms with Gasteiger partial charge in [0.2, 0.25) is 0 Å². The number of aryl methyl sites for hydroxylation is 2. The first-order chi connectivity index (χ1) is 21.4. The standard InChI is InChI=1S/C31H34N6O6S2/c1-5-14-9-11-16(18(7-3)20(14)32-28(42)24(38)22-26(40)36-30(44)34-22)13-17-12-10-15(6-2)21(19(17)8-4)33-29(43)25(39)23-27(41)37-31(45)35-23/h9-12,22-23H,5-8,13H2,1-4H3,(H,32,42)(H,33,43)(H2,34,36,40,44)(H2,35,37,41,45)/t22-,23-/m1/s1. The van der Waals surface area contributed by atoms with E-state index < -0.39 is 47.3 Å². The second-order valence-corrected chi connectivity index (χ2v) is 11.3. The van der Waals surface area contributed by atoms with E-state index in [-0.39, 0.29) is 10.2 Å². The number of amides is 4. The third-order valence-electron chi connectivity index (χ3n) is 7.84. The maximum atomic E-state index is 13.0. The molecule has 2 aliphatic rings. The first-order valence-electron chi connectivity index (χ1n) is 14.6. The summed E-state index contributed by atoms with van der Waals surface area (Å²) in [6, 6.07) is 4.94. The van der Waals surface area contributed by atoms with Gasteiger partial charge in [0.05, 0.1) is 0 Å². The SMILES string of the molecule is CCc1ccc(Cc2ccc(CC)c(NC(=O)C(=O)[C@H]3NC(=S)NC3=O)c2CC)c(CC)c1NC(=O)C(=O)[C@H]1NC(=S)NC1=O. The minimum atomic E-state index is -1.39. The molecule has 0 spiro atoms. The highest BCUT2D eigenvalue weighted by molar-refractivity contribution is 7.80. The number of carbonyl (C=O) groups excluding carboxylic acids is 6. The molecule has 0 aliphatic carbocycles. The van der Waals surface area contributed by atoms with Crippen molar-refractivity contribution in [3.8, 4) is 0 Å². The molecule has 2 aromatic rings. The van der Waals surface area contributed by atoms with Crippen LogP contribution in [0, 0.1) is 0 Å². The molecule has 45 heavy (non-hydrogen) atoms. The molecular formula is C31H34N6O6S2. The number of rotatable bonds is 12. The van der Waals surface area contributed by atoms with Crippen LogP contribution in [0.3, 0.4) is 0 Å². The summed E-state index contributed by atoms with van der Waals surface area (Å²) in [7, 11) is 0.